The molecule has 0 aromatic heterocycles. The van der Waals surface area contributed by atoms with Gasteiger partial charge in [-0.05, 0) is 74.7 Å². The van der Waals surface area contributed by atoms with E-state index >= 15 is 0 Å². The van der Waals surface area contributed by atoms with Crippen molar-refractivity contribution in [3.05, 3.63) is 102 Å². The molecule has 0 fully saturated rings. The minimum Gasteiger partial charge on any atom is -0.449 e. The molecule has 0 spiro atoms. The standard InChI is InChI=1S/C31H33N5O3/c1-21(2)24-10-9-11-25(20-24)31(4,5)32-30(38)39-19-18-23-14-16-26(17-15-23)33-34-28-22(3)35-36(29(28)37)27-12-7-6-8-13-27/h6-17,20,28H,1,18-19H2,2-5H3,(H,32,38)/b34-33+/t28-/m1/s1. The van der Waals surface area contributed by atoms with Gasteiger partial charge in [-0.1, -0.05) is 60.7 Å². The van der Waals surface area contributed by atoms with E-state index in [0.717, 1.165) is 22.3 Å². The molecule has 200 valence electrons. The Balaban J connectivity index is 1.27. The highest BCUT2D eigenvalue weighted by Crippen LogP contribution is 2.25. The second-order valence-corrected chi connectivity index (χ2v) is 10.0. The molecule has 3 aromatic carbocycles. The van der Waals surface area contributed by atoms with E-state index in [1.807, 2.05) is 99.6 Å². The molecule has 0 bridgehead atoms. The maximum absolute atomic E-state index is 12.8. The number of alkyl carbamates (subject to hydrolysis) is 1. The van der Waals surface area contributed by atoms with Gasteiger partial charge in [0, 0.05) is 6.42 Å². The van der Waals surface area contributed by atoms with E-state index in [1.54, 1.807) is 6.92 Å². The maximum Gasteiger partial charge on any atom is 0.407 e. The number of ether oxygens (including phenoxy) is 1. The molecule has 8 heteroatoms. The van der Waals surface area contributed by atoms with Crippen LogP contribution in [0.5, 0.6) is 0 Å². The SMILES string of the molecule is C=C(C)c1cccc(C(C)(C)NC(=O)OCCc2ccc(/N=N/[C@H]3C(=O)N(c4ccccc4)N=C3C)cc2)c1. The Hall–Kier alpha value is -4.59. The van der Waals surface area contributed by atoms with Crippen molar-refractivity contribution in [2.24, 2.45) is 15.3 Å². The molecule has 2 amide bonds. The molecule has 0 radical (unpaired) electrons. The van der Waals surface area contributed by atoms with Gasteiger partial charge in [-0.3, -0.25) is 4.79 Å². The van der Waals surface area contributed by atoms with Crippen molar-refractivity contribution in [1.29, 1.82) is 0 Å². The molecule has 1 aliphatic rings. The molecule has 0 saturated heterocycles. The minimum absolute atomic E-state index is 0.232. The number of nitrogens with zero attached hydrogens (tertiary/aromatic N) is 4. The van der Waals surface area contributed by atoms with E-state index in [1.165, 1.54) is 5.01 Å². The first kappa shape index (κ1) is 27.4. The van der Waals surface area contributed by atoms with Gasteiger partial charge < -0.3 is 10.1 Å². The summed E-state index contributed by atoms with van der Waals surface area (Å²) in [5.41, 5.74) is 5.26. The van der Waals surface area contributed by atoms with E-state index in [0.29, 0.717) is 23.5 Å². The molecular weight excluding hydrogens is 490 g/mol. The summed E-state index contributed by atoms with van der Waals surface area (Å²) in [4.78, 5) is 25.2. The van der Waals surface area contributed by atoms with Crippen LogP contribution in [0.15, 0.2) is 101 Å². The third kappa shape index (κ3) is 6.84. The lowest BCUT2D eigenvalue weighted by atomic mass is 9.92. The average molecular weight is 524 g/mol. The number of hydrogen-bond donors (Lipinski definition) is 1. The fourth-order valence-corrected chi connectivity index (χ4v) is 4.10. The number of hydrogen-bond acceptors (Lipinski definition) is 6. The second kappa shape index (κ2) is 11.9. The number of anilines is 1. The first-order chi connectivity index (χ1) is 18.6. The van der Waals surface area contributed by atoms with Crippen molar-refractivity contribution >= 4 is 34.7 Å². The Morgan fingerprint density at radius 1 is 1.08 bits per heavy atom. The number of nitrogens with one attached hydrogen (secondary N) is 1. The normalized spacial score (nSPS) is 15.4. The highest BCUT2D eigenvalue weighted by Gasteiger charge is 2.34. The Labute approximate surface area is 229 Å². The van der Waals surface area contributed by atoms with Gasteiger partial charge in [0.2, 0.25) is 0 Å². The van der Waals surface area contributed by atoms with E-state index in [9.17, 15) is 9.59 Å². The van der Waals surface area contributed by atoms with Crippen LogP contribution in [0.4, 0.5) is 16.2 Å². The predicted octanol–water partition coefficient (Wildman–Crippen LogP) is 6.80. The minimum atomic E-state index is -0.746. The lowest BCUT2D eigenvalue weighted by Gasteiger charge is -2.27. The van der Waals surface area contributed by atoms with Crippen molar-refractivity contribution in [3.8, 4) is 0 Å². The summed E-state index contributed by atoms with van der Waals surface area (Å²) in [6, 6.07) is 23.9. The fourth-order valence-electron chi connectivity index (χ4n) is 4.10. The average Bonchev–Trinajstić information content (AvgIpc) is 3.21. The number of carbonyl (C=O) groups is 2. The van der Waals surface area contributed by atoms with Crippen molar-refractivity contribution in [1.82, 2.24) is 5.32 Å². The first-order valence-electron chi connectivity index (χ1n) is 12.8. The van der Waals surface area contributed by atoms with E-state index < -0.39 is 17.7 Å². The smallest absolute Gasteiger partial charge is 0.407 e. The lowest BCUT2D eigenvalue weighted by Crippen LogP contribution is -2.41. The predicted molar refractivity (Wildman–Crippen MR) is 154 cm³/mol. The molecule has 1 N–H and O–H groups in total. The summed E-state index contributed by atoms with van der Waals surface area (Å²) in [6.45, 7) is 11.8. The summed E-state index contributed by atoms with van der Waals surface area (Å²) < 4.78 is 5.43. The largest absolute Gasteiger partial charge is 0.449 e. The van der Waals surface area contributed by atoms with Gasteiger partial charge in [0.15, 0.2) is 6.04 Å². The van der Waals surface area contributed by atoms with Gasteiger partial charge in [-0.2, -0.15) is 20.3 Å². The van der Waals surface area contributed by atoms with E-state index in [-0.39, 0.29) is 12.5 Å². The molecule has 1 aliphatic heterocycles. The molecule has 39 heavy (non-hydrogen) atoms. The van der Waals surface area contributed by atoms with Crippen molar-refractivity contribution in [2.45, 2.75) is 45.7 Å². The zero-order chi connectivity index (χ0) is 28.0. The molecule has 3 aromatic rings. The summed E-state index contributed by atoms with van der Waals surface area (Å²) in [6.07, 6.45) is 0.0731. The highest BCUT2D eigenvalue weighted by atomic mass is 16.5. The van der Waals surface area contributed by atoms with E-state index in [4.69, 9.17) is 4.74 Å². The van der Waals surface area contributed by atoms with Gasteiger partial charge in [-0.25, -0.2) is 4.79 Å². The zero-order valence-electron chi connectivity index (χ0n) is 22.7. The quantitative estimate of drug-likeness (QED) is 0.313. The summed E-state index contributed by atoms with van der Waals surface area (Å²) in [5, 5.41) is 17.1. The van der Waals surface area contributed by atoms with Crippen molar-refractivity contribution < 1.29 is 14.3 Å². The van der Waals surface area contributed by atoms with Crippen LogP contribution in [0.1, 0.15) is 44.4 Å². The Bertz CT molecular complexity index is 1410. The number of benzene rings is 3. The molecule has 1 heterocycles. The molecule has 4 rings (SSSR count). The summed E-state index contributed by atoms with van der Waals surface area (Å²) in [5.74, 6) is -0.235. The van der Waals surface area contributed by atoms with Crippen LogP contribution >= 0.6 is 0 Å². The van der Waals surface area contributed by atoms with Crippen LogP contribution in [0.2, 0.25) is 0 Å². The monoisotopic (exact) mass is 523 g/mol. The molecule has 0 aliphatic carbocycles. The van der Waals surface area contributed by atoms with Gasteiger partial charge in [0.25, 0.3) is 5.91 Å². The van der Waals surface area contributed by atoms with Gasteiger partial charge >= 0.3 is 6.09 Å². The first-order valence-corrected chi connectivity index (χ1v) is 12.8. The van der Waals surface area contributed by atoms with Crippen molar-refractivity contribution in [3.63, 3.8) is 0 Å². The van der Waals surface area contributed by atoms with Gasteiger partial charge in [0.05, 0.1) is 29.2 Å². The number of amides is 2. The van der Waals surface area contributed by atoms with Crippen molar-refractivity contribution in [2.75, 3.05) is 11.6 Å². The molecule has 0 unspecified atom stereocenters. The number of rotatable bonds is 9. The van der Waals surface area contributed by atoms with Gasteiger partial charge in [0.1, 0.15) is 0 Å². The number of carbonyl (C=O) groups excluding carboxylic acids is 2. The summed E-state index contributed by atoms with van der Waals surface area (Å²) in [7, 11) is 0. The topological polar surface area (TPSA) is 95.7 Å². The van der Waals surface area contributed by atoms with Crippen LogP contribution in [-0.4, -0.2) is 30.4 Å². The third-order valence-corrected chi connectivity index (χ3v) is 6.44. The van der Waals surface area contributed by atoms with E-state index in [2.05, 4.69) is 27.2 Å². The van der Waals surface area contributed by atoms with Crippen LogP contribution in [0.25, 0.3) is 5.57 Å². The van der Waals surface area contributed by atoms with Crippen LogP contribution in [0.3, 0.4) is 0 Å². The Kier molecular flexibility index (Phi) is 8.34. The molecule has 8 nitrogen and oxygen atoms in total. The molecular formula is C31H33N5O3. The number of azo groups is 1. The number of allylic oxidation sites excluding steroid dienone is 1. The molecule has 0 saturated carbocycles. The second-order valence-electron chi connectivity index (χ2n) is 10.0. The zero-order valence-corrected chi connectivity index (χ0v) is 22.7. The third-order valence-electron chi connectivity index (χ3n) is 6.44. The van der Waals surface area contributed by atoms with Gasteiger partial charge in [-0.15, -0.1) is 0 Å². The van der Waals surface area contributed by atoms with Crippen LogP contribution in [-0.2, 0) is 21.5 Å². The lowest BCUT2D eigenvalue weighted by molar-refractivity contribution is -0.117. The van der Waals surface area contributed by atoms with Crippen LogP contribution in [0, 0.1) is 0 Å². The molecule has 1 atom stereocenters. The fraction of sp³-hybridized carbons (Fsp3) is 0.258. The summed E-state index contributed by atoms with van der Waals surface area (Å²) >= 11 is 0. The number of hydrazone groups is 1. The number of para-hydroxylation sites is 1. The maximum atomic E-state index is 12.8. The highest BCUT2D eigenvalue weighted by molar-refractivity contribution is 6.18. The van der Waals surface area contributed by atoms with Crippen LogP contribution < -0.4 is 10.3 Å². The Morgan fingerprint density at radius 3 is 2.49 bits per heavy atom. The Morgan fingerprint density at radius 2 is 1.79 bits per heavy atom.